The van der Waals surface area contributed by atoms with E-state index in [0.29, 0.717) is 17.9 Å². The Morgan fingerprint density at radius 1 is 1.28 bits per heavy atom. The van der Waals surface area contributed by atoms with E-state index in [0.717, 1.165) is 43.2 Å². The Labute approximate surface area is 161 Å². The van der Waals surface area contributed by atoms with Gasteiger partial charge in [0.2, 0.25) is 0 Å². The molecule has 4 rings (SSSR count). The minimum absolute atomic E-state index is 0.384. The highest BCUT2D eigenvalue weighted by molar-refractivity contribution is 14.1. The van der Waals surface area contributed by atoms with Crippen LogP contribution in [0.3, 0.4) is 0 Å². The van der Waals surface area contributed by atoms with E-state index in [2.05, 4.69) is 43.6 Å². The highest BCUT2D eigenvalue weighted by Gasteiger charge is 2.17. The highest BCUT2D eigenvalue weighted by Crippen LogP contribution is 2.36. The lowest BCUT2D eigenvalue weighted by molar-refractivity contribution is 0.611. The number of aryl methyl sites for hydroxylation is 1. The van der Waals surface area contributed by atoms with Crippen molar-refractivity contribution in [1.29, 1.82) is 0 Å². The molecule has 0 radical (unpaired) electrons. The van der Waals surface area contributed by atoms with Gasteiger partial charge >= 0.3 is 0 Å². The monoisotopic (exact) mass is 466 g/mol. The molecule has 25 heavy (non-hydrogen) atoms. The molecule has 0 aliphatic carbocycles. The van der Waals surface area contributed by atoms with Crippen molar-refractivity contribution in [2.24, 2.45) is 5.73 Å². The van der Waals surface area contributed by atoms with Gasteiger partial charge in [-0.3, -0.25) is 0 Å². The van der Waals surface area contributed by atoms with Crippen LogP contribution in [-0.4, -0.2) is 26.1 Å². The lowest BCUT2D eigenvalue weighted by Gasteiger charge is -2.08. The maximum absolute atomic E-state index is 5.97. The van der Waals surface area contributed by atoms with Crippen molar-refractivity contribution in [2.45, 2.75) is 23.0 Å². The summed E-state index contributed by atoms with van der Waals surface area (Å²) in [6.45, 7) is 1.32. The van der Waals surface area contributed by atoms with Crippen LogP contribution in [0.5, 0.6) is 0 Å². The van der Waals surface area contributed by atoms with Crippen molar-refractivity contribution in [2.75, 3.05) is 12.3 Å². The molecule has 0 spiro atoms. The molecule has 0 bridgehead atoms. The zero-order valence-electron chi connectivity index (χ0n) is 13.1. The van der Waals surface area contributed by atoms with E-state index in [-0.39, 0.29) is 0 Å². The van der Waals surface area contributed by atoms with Gasteiger partial charge in [0, 0.05) is 20.4 Å². The van der Waals surface area contributed by atoms with Gasteiger partial charge in [0.05, 0.1) is 6.26 Å². The average Bonchev–Trinajstić information content (AvgIpc) is 3.18. The van der Waals surface area contributed by atoms with E-state index in [1.165, 1.54) is 6.33 Å². The minimum Gasteiger partial charge on any atom is -0.464 e. The summed E-state index contributed by atoms with van der Waals surface area (Å²) in [4.78, 5) is 14.1. The summed E-state index contributed by atoms with van der Waals surface area (Å²) in [6, 6.07) is 6.09. The maximum Gasteiger partial charge on any atom is 0.175 e. The van der Waals surface area contributed by atoms with Crippen LogP contribution in [0.1, 0.15) is 6.42 Å². The standard InChI is InChI=1S/C16H15IN6OS/c17-10-6-9-2-5-24-11(9)7-12(10)25-16-22-13-14(19)20-8-21-15(13)23(16)4-1-3-18/h2,5-8H,1,3-4,18H2,(H2,19,20,21). The second kappa shape index (κ2) is 6.81. The largest absolute Gasteiger partial charge is 0.464 e. The van der Waals surface area contributed by atoms with Gasteiger partial charge in [-0.25, -0.2) is 15.0 Å². The number of imidazole rings is 1. The molecule has 1 aromatic carbocycles. The molecule has 4 aromatic rings. The fourth-order valence-corrected chi connectivity index (χ4v) is 4.37. The molecule has 0 atom stereocenters. The molecule has 128 valence electrons. The van der Waals surface area contributed by atoms with Gasteiger partial charge in [-0.1, -0.05) is 11.8 Å². The van der Waals surface area contributed by atoms with Crippen LogP contribution < -0.4 is 11.5 Å². The van der Waals surface area contributed by atoms with Crippen molar-refractivity contribution < 1.29 is 4.42 Å². The number of fused-ring (bicyclic) bond motifs is 2. The normalized spacial score (nSPS) is 11.6. The van der Waals surface area contributed by atoms with Gasteiger partial charge in [0.15, 0.2) is 22.1 Å². The van der Waals surface area contributed by atoms with Crippen LogP contribution in [0, 0.1) is 3.57 Å². The summed E-state index contributed by atoms with van der Waals surface area (Å²) in [6.07, 6.45) is 3.99. The molecular formula is C16H15IN6OS. The molecule has 4 N–H and O–H groups in total. The van der Waals surface area contributed by atoms with Crippen LogP contribution in [0.25, 0.3) is 22.1 Å². The van der Waals surface area contributed by atoms with Gasteiger partial charge in [0.1, 0.15) is 11.9 Å². The number of halogens is 1. The summed E-state index contributed by atoms with van der Waals surface area (Å²) >= 11 is 3.89. The molecule has 0 aliphatic rings. The van der Waals surface area contributed by atoms with Crippen molar-refractivity contribution in [3.05, 3.63) is 34.4 Å². The lowest BCUT2D eigenvalue weighted by Crippen LogP contribution is -2.07. The fraction of sp³-hybridized carbons (Fsp3) is 0.188. The first-order chi connectivity index (χ1) is 12.2. The number of rotatable bonds is 5. The Morgan fingerprint density at radius 2 is 2.16 bits per heavy atom. The Hall–Kier alpha value is -1.85. The molecule has 7 nitrogen and oxygen atoms in total. The molecule has 0 fully saturated rings. The number of furan rings is 1. The molecular weight excluding hydrogens is 451 g/mol. The minimum atomic E-state index is 0.384. The predicted molar refractivity (Wildman–Crippen MR) is 106 cm³/mol. The Morgan fingerprint density at radius 3 is 3.00 bits per heavy atom. The molecule has 0 saturated carbocycles. The third-order valence-electron chi connectivity index (χ3n) is 3.82. The first kappa shape index (κ1) is 16.6. The number of benzene rings is 1. The molecule has 3 heterocycles. The number of aromatic nitrogens is 4. The summed E-state index contributed by atoms with van der Waals surface area (Å²) in [7, 11) is 0. The molecule has 0 amide bonds. The number of nitrogens with two attached hydrogens (primary N) is 2. The molecule has 0 saturated heterocycles. The van der Waals surface area contributed by atoms with Gasteiger partial charge in [-0.15, -0.1) is 0 Å². The number of hydrogen-bond donors (Lipinski definition) is 2. The first-order valence-corrected chi connectivity index (χ1v) is 9.58. The van der Waals surface area contributed by atoms with E-state index in [4.69, 9.17) is 15.9 Å². The molecule has 0 unspecified atom stereocenters. The summed E-state index contributed by atoms with van der Waals surface area (Å²) < 4.78 is 8.70. The maximum atomic E-state index is 5.97. The van der Waals surface area contributed by atoms with Crippen molar-refractivity contribution in [1.82, 2.24) is 19.5 Å². The Balaban J connectivity index is 1.81. The molecule has 0 aliphatic heterocycles. The fourth-order valence-electron chi connectivity index (χ4n) is 2.60. The van der Waals surface area contributed by atoms with Crippen molar-refractivity contribution >= 4 is 62.3 Å². The number of nitrogen functional groups attached to an aromatic ring is 1. The van der Waals surface area contributed by atoms with Crippen LogP contribution >= 0.6 is 34.4 Å². The van der Waals surface area contributed by atoms with Gasteiger partial charge in [-0.05, 0) is 53.8 Å². The topological polar surface area (TPSA) is 109 Å². The predicted octanol–water partition coefficient (Wildman–Crippen LogP) is 3.26. The van der Waals surface area contributed by atoms with E-state index < -0.39 is 0 Å². The third kappa shape index (κ3) is 3.07. The second-order valence-electron chi connectivity index (χ2n) is 5.46. The number of nitrogens with zero attached hydrogens (tertiary/aromatic N) is 4. The van der Waals surface area contributed by atoms with E-state index in [1.807, 2.05) is 16.7 Å². The highest BCUT2D eigenvalue weighted by atomic mass is 127. The molecule has 3 aromatic heterocycles. The van der Waals surface area contributed by atoms with Crippen LogP contribution in [0.15, 0.2) is 45.3 Å². The average molecular weight is 466 g/mol. The van der Waals surface area contributed by atoms with Crippen molar-refractivity contribution in [3.63, 3.8) is 0 Å². The lowest BCUT2D eigenvalue weighted by atomic mass is 10.3. The first-order valence-electron chi connectivity index (χ1n) is 7.68. The van der Waals surface area contributed by atoms with Gasteiger partial charge < -0.3 is 20.5 Å². The summed E-state index contributed by atoms with van der Waals surface area (Å²) in [5.41, 5.74) is 13.9. The Bertz CT molecular complexity index is 1060. The summed E-state index contributed by atoms with van der Waals surface area (Å²) in [5.74, 6) is 0.384. The quantitative estimate of drug-likeness (QED) is 0.435. The van der Waals surface area contributed by atoms with E-state index in [1.54, 1.807) is 18.0 Å². The van der Waals surface area contributed by atoms with Gasteiger partial charge in [0.25, 0.3) is 0 Å². The van der Waals surface area contributed by atoms with Crippen LogP contribution in [0.2, 0.25) is 0 Å². The van der Waals surface area contributed by atoms with Crippen LogP contribution in [0.4, 0.5) is 5.82 Å². The Kier molecular flexibility index (Phi) is 4.52. The number of hydrogen-bond acceptors (Lipinski definition) is 7. The summed E-state index contributed by atoms with van der Waals surface area (Å²) in [5, 5.41) is 1.90. The van der Waals surface area contributed by atoms with Gasteiger partial charge in [-0.2, -0.15) is 0 Å². The van der Waals surface area contributed by atoms with E-state index >= 15 is 0 Å². The van der Waals surface area contributed by atoms with Crippen LogP contribution in [-0.2, 0) is 6.54 Å². The van der Waals surface area contributed by atoms with E-state index in [9.17, 15) is 0 Å². The van der Waals surface area contributed by atoms with Crippen molar-refractivity contribution in [3.8, 4) is 0 Å². The third-order valence-corrected chi connectivity index (χ3v) is 6.13. The zero-order valence-corrected chi connectivity index (χ0v) is 16.1. The SMILES string of the molecule is NCCCn1c(Sc2cc3occc3cc2I)nc2c(N)ncnc21. The number of anilines is 1. The molecule has 9 heteroatoms. The zero-order chi connectivity index (χ0) is 17.4. The smallest absolute Gasteiger partial charge is 0.175 e. The second-order valence-corrected chi connectivity index (χ2v) is 7.63.